The molecule has 0 aromatic heterocycles. The van der Waals surface area contributed by atoms with Crippen molar-refractivity contribution < 1.29 is 8.42 Å². The maximum atomic E-state index is 12.4. The fourth-order valence-corrected chi connectivity index (χ4v) is 3.35. The highest BCUT2D eigenvalue weighted by atomic mass is 35.5. The molecule has 0 saturated heterocycles. The Kier molecular flexibility index (Phi) is 5.11. The van der Waals surface area contributed by atoms with Crippen molar-refractivity contribution in [3.63, 3.8) is 0 Å². The van der Waals surface area contributed by atoms with Crippen molar-refractivity contribution in [2.75, 3.05) is 11.8 Å². The van der Waals surface area contributed by atoms with E-state index in [1.165, 1.54) is 12.1 Å². The van der Waals surface area contributed by atoms with Crippen LogP contribution in [0.25, 0.3) is 0 Å². The van der Waals surface area contributed by atoms with Crippen molar-refractivity contribution in [2.45, 2.75) is 11.4 Å². The molecule has 7 heteroatoms. The first-order valence-electron chi connectivity index (χ1n) is 6.14. The van der Waals surface area contributed by atoms with Gasteiger partial charge in [-0.1, -0.05) is 35.3 Å². The summed E-state index contributed by atoms with van der Waals surface area (Å²) in [6.07, 6.45) is 0. The zero-order valence-electron chi connectivity index (χ0n) is 11.2. The summed E-state index contributed by atoms with van der Waals surface area (Å²) in [7, 11) is -1.95. The van der Waals surface area contributed by atoms with E-state index in [9.17, 15) is 8.42 Å². The quantitative estimate of drug-likeness (QED) is 0.872. The van der Waals surface area contributed by atoms with E-state index in [2.05, 4.69) is 10.0 Å². The molecule has 0 spiro atoms. The molecular formula is C14H14Cl2N2O2S. The zero-order chi connectivity index (χ0) is 15.5. The van der Waals surface area contributed by atoms with Crippen molar-refractivity contribution in [3.8, 4) is 0 Å². The van der Waals surface area contributed by atoms with Gasteiger partial charge < -0.3 is 5.32 Å². The van der Waals surface area contributed by atoms with Crippen LogP contribution in [0.1, 0.15) is 5.56 Å². The Morgan fingerprint density at radius 1 is 1.05 bits per heavy atom. The van der Waals surface area contributed by atoms with Gasteiger partial charge in [-0.15, -0.1) is 0 Å². The van der Waals surface area contributed by atoms with E-state index in [1.54, 1.807) is 37.4 Å². The number of halogens is 2. The van der Waals surface area contributed by atoms with E-state index in [1.807, 2.05) is 0 Å². The van der Waals surface area contributed by atoms with Crippen molar-refractivity contribution in [1.82, 2.24) is 5.32 Å². The summed E-state index contributed by atoms with van der Waals surface area (Å²) in [5.74, 6) is 0. The van der Waals surface area contributed by atoms with E-state index >= 15 is 0 Å². The molecule has 0 bridgehead atoms. The van der Waals surface area contributed by atoms with Crippen LogP contribution < -0.4 is 10.0 Å². The molecule has 2 rings (SSSR count). The molecule has 0 radical (unpaired) electrons. The molecule has 0 saturated carbocycles. The highest BCUT2D eigenvalue weighted by Gasteiger charge is 2.17. The lowest BCUT2D eigenvalue weighted by Gasteiger charge is -2.11. The van der Waals surface area contributed by atoms with Crippen LogP contribution in [0, 0.1) is 0 Å². The Bertz CT molecular complexity index is 748. The van der Waals surface area contributed by atoms with Gasteiger partial charge in [-0.25, -0.2) is 8.42 Å². The lowest BCUT2D eigenvalue weighted by molar-refractivity contribution is 0.601. The summed E-state index contributed by atoms with van der Waals surface area (Å²) in [4.78, 5) is 0.136. The maximum absolute atomic E-state index is 12.4. The molecule has 2 N–H and O–H groups in total. The van der Waals surface area contributed by atoms with Crippen molar-refractivity contribution in [3.05, 3.63) is 58.1 Å². The number of rotatable bonds is 5. The molecule has 21 heavy (non-hydrogen) atoms. The smallest absolute Gasteiger partial charge is 0.261 e. The molecule has 0 aliphatic carbocycles. The molecule has 2 aromatic carbocycles. The second-order valence-corrected chi connectivity index (χ2v) is 6.87. The lowest BCUT2D eigenvalue weighted by Crippen LogP contribution is -2.14. The number of nitrogens with one attached hydrogen (secondary N) is 2. The Morgan fingerprint density at radius 2 is 1.76 bits per heavy atom. The van der Waals surface area contributed by atoms with Crippen LogP contribution in [0.4, 0.5) is 5.69 Å². The average Bonchev–Trinajstić information content (AvgIpc) is 2.44. The molecule has 0 amide bonds. The number of hydrogen-bond acceptors (Lipinski definition) is 3. The fraction of sp³-hybridized carbons (Fsp3) is 0.143. The van der Waals surface area contributed by atoms with Crippen LogP contribution in [0.3, 0.4) is 0 Å². The Hall–Kier alpha value is -1.27. The molecule has 0 fully saturated rings. The molecule has 0 atom stereocenters. The molecule has 112 valence electrons. The Morgan fingerprint density at radius 3 is 2.43 bits per heavy atom. The van der Waals surface area contributed by atoms with Gasteiger partial charge in [0.15, 0.2) is 0 Å². The maximum Gasteiger partial charge on any atom is 0.261 e. The van der Waals surface area contributed by atoms with Gasteiger partial charge >= 0.3 is 0 Å². The van der Waals surface area contributed by atoms with E-state index in [4.69, 9.17) is 23.2 Å². The number of hydrogen-bond donors (Lipinski definition) is 2. The largest absolute Gasteiger partial charge is 0.316 e. The first-order chi connectivity index (χ1) is 9.94. The molecule has 0 aliphatic heterocycles. The van der Waals surface area contributed by atoms with Crippen molar-refractivity contribution in [2.24, 2.45) is 0 Å². The average molecular weight is 345 g/mol. The highest BCUT2D eigenvalue weighted by Crippen LogP contribution is 2.26. The van der Waals surface area contributed by atoms with Crippen LogP contribution in [-0.2, 0) is 16.6 Å². The normalized spacial score (nSPS) is 11.4. The summed E-state index contributed by atoms with van der Waals surface area (Å²) in [6.45, 7) is 0.480. The number of anilines is 1. The number of sulfonamides is 1. The Balaban J connectivity index is 2.36. The standard InChI is InChI=1S/C14H14Cl2N2O2S/c1-17-9-10-8-11(6-7-12(10)15)21(19,20)18-14-5-3-2-4-13(14)16/h2-8,17-18H,9H2,1H3. The van der Waals surface area contributed by atoms with Crippen LogP contribution in [0.15, 0.2) is 47.4 Å². The van der Waals surface area contributed by atoms with E-state index in [0.717, 1.165) is 0 Å². The predicted molar refractivity (Wildman–Crippen MR) is 86.5 cm³/mol. The molecular weight excluding hydrogens is 331 g/mol. The van der Waals surface area contributed by atoms with Crippen molar-refractivity contribution in [1.29, 1.82) is 0 Å². The topological polar surface area (TPSA) is 58.2 Å². The minimum absolute atomic E-state index is 0.136. The fourth-order valence-electron chi connectivity index (χ4n) is 1.79. The predicted octanol–water partition coefficient (Wildman–Crippen LogP) is 3.51. The molecule has 2 aromatic rings. The molecule has 0 unspecified atom stereocenters. The van der Waals surface area contributed by atoms with Gasteiger partial charge in [0.25, 0.3) is 10.0 Å². The van der Waals surface area contributed by atoms with Gasteiger partial charge in [0.2, 0.25) is 0 Å². The van der Waals surface area contributed by atoms with Gasteiger partial charge in [-0.2, -0.15) is 0 Å². The van der Waals surface area contributed by atoms with Crippen LogP contribution in [0.2, 0.25) is 10.0 Å². The Labute approximate surface area is 134 Å². The first kappa shape index (κ1) is 16.1. The van der Waals surface area contributed by atoms with Crippen molar-refractivity contribution >= 4 is 38.9 Å². The molecule has 0 heterocycles. The van der Waals surface area contributed by atoms with E-state index in [-0.39, 0.29) is 4.90 Å². The third-order valence-corrected chi connectivity index (χ3v) is 4.87. The summed E-state index contributed by atoms with van der Waals surface area (Å²) in [5, 5.41) is 3.79. The first-order valence-corrected chi connectivity index (χ1v) is 8.38. The second-order valence-electron chi connectivity index (χ2n) is 4.37. The summed E-state index contributed by atoms with van der Waals surface area (Å²) in [6, 6.07) is 11.2. The monoisotopic (exact) mass is 344 g/mol. The van der Waals surface area contributed by atoms with E-state index in [0.29, 0.717) is 27.8 Å². The lowest BCUT2D eigenvalue weighted by atomic mass is 10.2. The highest BCUT2D eigenvalue weighted by molar-refractivity contribution is 7.92. The third-order valence-electron chi connectivity index (χ3n) is 2.81. The van der Waals surface area contributed by atoms with E-state index < -0.39 is 10.0 Å². The number of benzene rings is 2. The summed E-state index contributed by atoms with van der Waals surface area (Å²) in [5.41, 5.74) is 1.05. The van der Waals surface area contributed by atoms with Gasteiger partial charge in [0.05, 0.1) is 15.6 Å². The third kappa shape index (κ3) is 3.89. The molecule has 0 aliphatic rings. The second kappa shape index (κ2) is 6.66. The molecule has 4 nitrogen and oxygen atoms in total. The van der Waals surface area contributed by atoms with Gasteiger partial charge in [-0.05, 0) is 42.9 Å². The summed E-state index contributed by atoms with van der Waals surface area (Å²) < 4.78 is 27.2. The SMILES string of the molecule is CNCc1cc(S(=O)(=O)Nc2ccccc2Cl)ccc1Cl. The van der Waals surface area contributed by atoms with Gasteiger partial charge in [0.1, 0.15) is 0 Å². The summed E-state index contributed by atoms with van der Waals surface area (Å²) >= 11 is 12.0. The minimum atomic E-state index is -3.71. The van der Waals surface area contributed by atoms with Crippen LogP contribution >= 0.6 is 23.2 Å². The van der Waals surface area contributed by atoms with Gasteiger partial charge in [-0.3, -0.25) is 4.72 Å². The van der Waals surface area contributed by atoms with Crippen LogP contribution in [0.5, 0.6) is 0 Å². The van der Waals surface area contributed by atoms with Crippen LogP contribution in [-0.4, -0.2) is 15.5 Å². The zero-order valence-corrected chi connectivity index (χ0v) is 13.6. The number of para-hydroxylation sites is 1. The van der Waals surface area contributed by atoms with Gasteiger partial charge in [0, 0.05) is 11.6 Å². The minimum Gasteiger partial charge on any atom is -0.316 e.